The van der Waals surface area contributed by atoms with Gasteiger partial charge in [0.05, 0.1) is 12.7 Å². The molecule has 2 aromatic rings. The highest BCUT2D eigenvalue weighted by atomic mass is 16.3. The molecule has 0 bridgehead atoms. The van der Waals surface area contributed by atoms with Gasteiger partial charge in [-0.3, -0.25) is 9.89 Å². The fourth-order valence-electron chi connectivity index (χ4n) is 3.13. The predicted octanol–water partition coefficient (Wildman–Crippen LogP) is 1.19. The van der Waals surface area contributed by atoms with Gasteiger partial charge < -0.3 is 10.0 Å². The van der Waals surface area contributed by atoms with E-state index in [4.69, 9.17) is 0 Å². The minimum Gasteiger partial charge on any atom is -0.381 e. The number of aliphatic hydroxyl groups is 1. The van der Waals surface area contributed by atoms with E-state index in [0.29, 0.717) is 30.3 Å². The number of β-amino-alcohol motifs (C(OH)–C–C–N with tert-alkyl or cyclic N) is 1. The van der Waals surface area contributed by atoms with E-state index < -0.39 is 5.60 Å². The van der Waals surface area contributed by atoms with Crippen LogP contribution in [0.4, 0.5) is 0 Å². The Labute approximate surface area is 139 Å². The maximum absolute atomic E-state index is 12.6. The molecule has 2 N–H and O–H groups in total. The topological polar surface area (TPSA) is 99.9 Å². The molecule has 2 aliphatic rings. The van der Waals surface area contributed by atoms with Crippen LogP contribution in [0.15, 0.2) is 12.3 Å². The van der Waals surface area contributed by atoms with Crippen LogP contribution in [0.5, 0.6) is 0 Å². The summed E-state index contributed by atoms with van der Waals surface area (Å²) in [5.74, 6) is 0.381. The molecule has 1 saturated carbocycles. The maximum atomic E-state index is 12.6. The Morgan fingerprint density at radius 1 is 1.46 bits per heavy atom. The number of amides is 1. The lowest BCUT2D eigenvalue weighted by Gasteiger charge is -2.20. The maximum Gasteiger partial charge on any atom is 0.274 e. The third-order valence-corrected chi connectivity index (χ3v) is 4.89. The molecule has 1 saturated heterocycles. The van der Waals surface area contributed by atoms with Crippen LogP contribution in [-0.2, 0) is 5.60 Å². The van der Waals surface area contributed by atoms with Crippen LogP contribution in [0, 0.1) is 0 Å². The van der Waals surface area contributed by atoms with Crippen molar-refractivity contribution in [2.45, 2.75) is 50.7 Å². The quantitative estimate of drug-likeness (QED) is 0.877. The standard InChI is InChI=1S/C16H22N6O2/c1-10(2)22-8-14(19-20-22)16(24)5-6-21(9-16)15(23)13-7-12(17-18-13)11-3-4-11/h7-8,10-11,24H,3-6,9H2,1-2H3,(H,17,18)/t16-/m1/s1. The van der Waals surface area contributed by atoms with Crippen molar-refractivity contribution in [1.82, 2.24) is 30.1 Å². The molecule has 24 heavy (non-hydrogen) atoms. The highest BCUT2D eigenvalue weighted by Crippen LogP contribution is 2.39. The van der Waals surface area contributed by atoms with Gasteiger partial charge in [0.2, 0.25) is 0 Å². The van der Waals surface area contributed by atoms with Crippen molar-refractivity contribution in [2.75, 3.05) is 13.1 Å². The lowest BCUT2D eigenvalue weighted by atomic mass is 10.00. The highest BCUT2D eigenvalue weighted by Gasteiger charge is 2.42. The zero-order valence-corrected chi connectivity index (χ0v) is 13.9. The Hall–Kier alpha value is -2.22. The van der Waals surface area contributed by atoms with Crippen LogP contribution in [0.2, 0.25) is 0 Å². The first-order chi connectivity index (χ1) is 11.5. The molecule has 0 radical (unpaired) electrons. The highest BCUT2D eigenvalue weighted by molar-refractivity contribution is 5.92. The van der Waals surface area contributed by atoms with Gasteiger partial charge in [0.15, 0.2) is 0 Å². The molecule has 1 atom stereocenters. The minimum absolute atomic E-state index is 0.148. The molecule has 1 amide bonds. The lowest BCUT2D eigenvalue weighted by Crippen LogP contribution is -2.34. The molecular formula is C16H22N6O2. The zero-order valence-electron chi connectivity index (χ0n) is 13.9. The molecule has 2 fully saturated rings. The van der Waals surface area contributed by atoms with E-state index in [2.05, 4.69) is 20.5 Å². The number of nitrogens with zero attached hydrogens (tertiary/aromatic N) is 5. The average Bonchev–Trinajstić information content (AvgIpc) is 3.00. The van der Waals surface area contributed by atoms with Crippen LogP contribution in [0.25, 0.3) is 0 Å². The van der Waals surface area contributed by atoms with Crippen LogP contribution < -0.4 is 0 Å². The van der Waals surface area contributed by atoms with Gasteiger partial charge in [-0.2, -0.15) is 5.10 Å². The molecule has 128 valence electrons. The van der Waals surface area contributed by atoms with Crippen molar-refractivity contribution < 1.29 is 9.90 Å². The normalized spacial score (nSPS) is 24.1. The third-order valence-electron chi connectivity index (χ3n) is 4.89. The van der Waals surface area contributed by atoms with Crippen LogP contribution in [0.1, 0.15) is 66.9 Å². The number of hydrogen-bond donors (Lipinski definition) is 2. The molecule has 2 aromatic heterocycles. The number of carbonyl (C=O) groups is 1. The Kier molecular flexibility index (Phi) is 3.45. The largest absolute Gasteiger partial charge is 0.381 e. The van der Waals surface area contributed by atoms with Crippen molar-refractivity contribution in [3.05, 3.63) is 29.3 Å². The summed E-state index contributed by atoms with van der Waals surface area (Å²) >= 11 is 0. The van der Waals surface area contributed by atoms with Gasteiger partial charge in [0.25, 0.3) is 5.91 Å². The molecule has 8 nitrogen and oxygen atoms in total. The number of aromatic nitrogens is 5. The van der Waals surface area contributed by atoms with Crippen LogP contribution in [0.3, 0.4) is 0 Å². The molecule has 8 heteroatoms. The summed E-state index contributed by atoms with van der Waals surface area (Å²) in [5, 5.41) is 26.1. The summed E-state index contributed by atoms with van der Waals surface area (Å²) in [6.45, 7) is 4.70. The fraction of sp³-hybridized carbons (Fsp3) is 0.625. The molecular weight excluding hydrogens is 308 g/mol. The third kappa shape index (κ3) is 2.60. The first-order valence-electron chi connectivity index (χ1n) is 8.45. The lowest BCUT2D eigenvalue weighted by molar-refractivity contribution is 0.0380. The number of hydrogen-bond acceptors (Lipinski definition) is 5. The molecule has 4 rings (SSSR count). The molecule has 0 spiro atoms. The van der Waals surface area contributed by atoms with E-state index in [1.807, 2.05) is 19.9 Å². The van der Waals surface area contributed by atoms with Gasteiger partial charge in [0, 0.05) is 30.6 Å². The Morgan fingerprint density at radius 3 is 2.92 bits per heavy atom. The molecule has 3 heterocycles. The van der Waals surface area contributed by atoms with Crippen molar-refractivity contribution in [2.24, 2.45) is 0 Å². The van der Waals surface area contributed by atoms with Crippen molar-refractivity contribution in [1.29, 1.82) is 0 Å². The Balaban J connectivity index is 1.48. The molecule has 1 aliphatic heterocycles. The molecule has 0 unspecified atom stereocenters. The monoisotopic (exact) mass is 330 g/mol. The van der Waals surface area contributed by atoms with Crippen LogP contribution >= 0.6 is 0 Å². The summed E-state index contributed by atoms with van der Waals surface area (Å²) in [5.41, 5.74) is 0.838. The fourth-order valence-corrected chi connectivity index (χ4v) is 3.13. The second-order valence-electron chi connectivity index (χ2n) is 7.17. The van der Waals surface area contributed by atoms with E-state index in [1.165, 1.54) is 0 Å². The SMILES string of the molecule is CC(C)n1cc([C@@]2(O)CCN(C(=O)c3cc(C4CC4)[nH]n3)C2)nn1. The van der Waals surface area contributed by atoms with Gasteiger partial charge in [-0.05, 0) is 32.8 Å². The van der Waals surface area contributed by atoms with E-state index in [-0.39, 0.29) is 18.5 Å². The van der Waals surface area contributed by atoms with Gasteiger partial charge in [-0.25, -0.2) is 4.68 Å². The summed E-state index contributed by atoms with van der Waals surface area (Å²) in [6, 6.07) is 2.02. The van der Waals surface area contributed by atoms with E-state index in [1.54, 1.807) is 15.8 Å². The number of aromatic amines is 1. The smallest absolute Gasteiger partial charge is 0.274 e. The number of carbonyl (C=O) groups excluding carboxylic acids is 1. The van der Waals surface area contributed by atoms with Gasteiger partial charge in [-0.1, -0.05) is 5.21 Å². The summed E-state index contributed by atoms with van der Waals surface area (Å²) < 4.78 is 1.72. The number of rotatable bonds is 4. The van der Waals surface area contributed by atoms with Gasteiger partial charge in [-0.15, -0.1) is 5.10 Å². The average molecular weight is 330 g/mol. The Morgan fingerprint density at radius 2 is 2.25 bits per heavy atom. The first kappa shape index (κ1) is 15.3. The number of nitrogens with one attached hydrogen (secondary N) is 1. The van der Waals surface area contributed by atoms with E-state index >= 15 is 0 Å². The summed E-state index contributed by atoms with van der Waals surface area (Å²) in [7, 11) is 0. The number of likely N-dealkylation sites (tertiary alicyclic amines) is 1. The van der Waals surface area contributed by atoms with Gasteiger partial charge >= 0.3 is 0 Å². The summed E-state index contributed by atoms with van der Waals surface area (Å²) in [4.78, 5) is 14.3. The van der Waals surface area contributed by atoms with E-state index in [0.717, 1.165) is 18.5 Å². The second-order valence-corrected chi connectivity index (χ2v) is 7.17. The van der Waals surface area contributed by atoms with Crippen molar-refractivity contribution in [3.8, 4) is 0 Å². The first-order valence-corrected chi connectivity index (χ1v) is 8.45. The van der Waals surface area contributed by atoms with Crippen molar-refractivity contribution >= 4 is 5.91 Å². The van der Waals surface area contributed by atoms with Crippen LogP contribution in [-0.4, -0.2) is 54.2 Å². The Bertz CT molecular complexity index is 762. The van der Waals surface area contributed by atoms with Gasteiger partial charge in [0.1, 0.15) is 17.0 Å². The predicted molar refractivity (Wildman–Crippen MR) is 85.4 cm³/mol. The van der Waals surface area contributed by atoms with Crippen molar-refractivity contribution in [3.63, 3.8) is 0 Å². The second kappa shape index (κ2) is 5.41. The molecule has 1 aliphatic carbocycles. The number of H-pyrrole nitrogens is 1. The van der Waals surface area contributed by atoms with E-state index in [9.17, 15) is 9.90 Å². The molecule has 0 aromatic carbocycles. The minimum atomic E-state index is -1.14. The summed E-state index contributed by atoms with van der Waals surface area (Å²) in [6.07, 6.45) is 4.53. The zero-order chi connectivity index (χ0) is 16.9.